The standard InChI is InChI=1S/C36H41F3/c1-3-5-6-7-8-9-10-11-12-30-21-24-33(36(39)35(30)38)29-19-17-27(18-20-29)31-22-23-32(34(37)25-31)28-15-13-26(4-2)14-16-28/h4,15,17-26H,2-3,5-14,16H2,1H3. The molecule has 0 nitrogen and oxygen atoms in total. The van der Waals surface area contributed by atoms with Crippen LogP contribution in [0.2, 0.25) is 0 Å². The summed E-state index contributed by atoms with van der Waals surface area (Å²) in [6.45, 7) is 6.08. The summed E-state index contributed by atoms with van der Waals surface area (Å²) in [5.41, 5.74) is 4.61. The first kappa shape index (κ1) is 28.9. The lowest BCUT2D eigenvalue weighted by atomic mass is 9.86. The molecule has 0 N–H and O–H groups in total. The van der Waals surface area contributed by atoms with E-state index in [1.807, 2.05) is 30.3 Å². The summed E-state index contributed by atoms with van der Waals surface area (Å²) in [4.78, 5) is 0. The van der Waals surface area contributed by atoms with Gasteiger partial charge in [0.05, 0.1) is 0 Å². The van der Waals surface area contributed by atoms with Crippen LogP contribution in [0.25, 0.3) is 27.8 Å². The van der Waals surface area contributed by atoms with E-state index in [4.69, 9.17) is 0 Å². The first-order valence-corrected chi connectivity index (χ1v) is 14.7. The summed E-state index contributed by atoms with van der Waals surface area (Å²) >= 11 is 0. The van der Waals surface area contributed by atoms with Crippen LogP contribution >= 0.6 is 0 Å². The SMILES string of the molecule is C=CC1CC=C(c2ccc(-c3ccc(-c4ccc(CCCCCCCCCC)c(F)c4F)cc3)cc2F)CC1. The Kier molecular flexibility index (Phi) is 10.6. The third kappa shape index (κ3) is 7.53. The number of aryl methyl sites for hydroxylation is 1. The van der Waals surface area contributed by atoms with Gasteiger partial charge in [0.25, 0.3) is 0 Å². The molecule has 0 aliphatic heterocycles. The lowest BCUT2D eigenvalue weighted by Crippen LogP contribution is -2.03. The minimum Gasteiger partial charge on any atom is -0.206 e. The van der Waals surface area contributed by atoms with Crippen molar-refractivity contribution >= 4 is 5.57 Å². The zero-order valence-electron chi connectivity index (χ0n) is 23.3. The van der Waals surface area contributed by atoms with Crippen molar-refractivity contribution in [2.24, 2.45) is 5.92 Å². The smallest absolute Gasteiger partial charge is 0.166 e. The van der Waals surface area contributed by atoms with Crippen LogP contribution in [0.5, 0.6) is 0 Å². The molecule has 1 unspecified atom stereocenters. The number of rotatable bonds is 13. The second-order valence-electron chi connectivity index (χ2n) is 10.9. The summed E-state index contributed by atoms with van der Waals surface area (Å²) in [5, 5.41) is 0. The second-order valence-corrected chi connectivity index (χ2v) is 10.9. The molecule has 1 aliphatic rings. The van der Waals surface area contributed by atoms with Crippen molar-refractivity contribution in [3.8, 4) is 22.3 Å². The van der Waals surface area contributed by atoms with Crippen LogP contribution in [-0.4, -0.2) is 0 Å². The maximum Gasteiger partial charge on any atom is 0.166 e. The van der Waals surface area contributed by atoms with Gasteiger partial charge in [-0.2, -0.15) is 0 Å². The van der Waals surface area contributed by atoms with Crippen LogP contribution < -0.4 is 0 Å². The van der Waals surface area contributed by atoms with Crippen LogP contribution in [-0.2, 0) is 6.42 Å². The molecule has 0 aromatic heterocycles. The highest BCUT2D eigenvalue weighted by Crippen LogP contribution is 2.34. The van der Waals surface area contributed by atoms with Gasteiger partial charge >= 0.3 is 0 Å². The number of unbranched alkanes of at least 4 members (excludes halogenated alkanes) is 7. The second kappa shape index (κ2) is 14.4. The van der Waals surface area contributed by atoms with Crippen molar-refractivity contribution in [3.05, 3.63) is 102 Å². The van der Waals surface area contributed by atoms with Crippen LogP contribution in [0.4, 0.5) is 13.2 Å². The number of hydrogen-bond donors (Lipinski definition) is 0. The lowest BCUT2D eigenvalue weighted by Gasteiger charge is -2.19. The average Bonchev–Trinajstić information content (AvgIpc) is 2.97. The van der Waals surface area contributed by atoms with Crippen molar-refractivity contribution in [1.82, 2.24) is 0 Å². The van der Waals surface area contributed by atoms with Crippen molar-refractivity contribution in [2.45, 2.75) is 84.0 Å². The predicted octanol–water partition coefficient (Wildman–Crippen LogP) is 11.5. The van der Waals surface area contributed by atoms with Gasteiger partial charge in [0.2, 0.25) is 0 Å². The van der Waals surface area contributed by atoms with Crippen LogP contribution in [0.15, 0.2) is 73.3 Å². The predicted molar refractivity (Wildman–Crippen MR) is 159 cm³/mol. The Morgan fingerprint density at radius 1 is 0.744 bits per heavy atom. The molecule has 0 amide bonds. The van der Waals surface area contributed by atoms with Gasteiger partial charge in [-0.25, -0.2) is 13.2 Å². The van der Waals surface area contributed by atoms with Gasteiger partial charge in [-0.3, -0.25) is 0 Å². The highest BCUT2D eigenvalue weighted by atomic mass is 19.2. The molecule has 39 heavy (non-hydrogen) atoms. The van der Waals surface area contributed by atoms with Crippen molar-refractivity contribution < 1.29 is 13.2 Å². The first-order chi connectivity index (χ1) is 19.0. The highest BCUT2D eigenvalue weighted by molar-refractivity contribution is 5.74. The number of benzene rings is 3. The van der Waals surface area contributed by atoms with E-state index < -0.39 is 11.6 Å². The van der Waals surface area contributed by atoms with Gasteiger partial charge in [0.1, 0.15) is 5.82 Å². The van der Waals surface area contributed by atoms with Gasteiger partial charge < -0.3 is 0 Å². The number of halogens is 3. The molecule has 0 fully saturated rings. The Bertz CT molecular complexity index is 1270. The fourth-order valence-corrected chi connectivity index (χ4v) is 5.57. The zero-order valence-corrected chi connectivity index (χ0v) is 23.3. The molecular formula is C36H41F3. The molecule has 1 aliphatic carbocycles. The van der Waals surface area contributed by atoms with Gasteiger partial charge in [0, 0.05) is 11.1 Å². The molecule has 4 rings (SSSR count). The van der Waals surface area contributed by atoms with E-state index in [2.05, 4.69) is 19.6 Å². The summed E-state index contributed by atoms with van der Waals surface area (Å²) in [6.07, 6.45) is 16.8. The Morgan fingerprint density at radius 3 is 2.03 bits per heavy atom. The lowest BCUT2D eigenvalue weighted by molar-refractivity contribution is 0.497. The number of hydrogen-bond acceptors (Lipinski definition) is 0. The largest absolute Gasteiger partial charge is 0.206 e. The summed E-state index contributed by atoms with van der Waals surface area (Å²) in [5.74, 6) is -1.30. The Balaban J connectivity index is 1.38. The molecule has 206 valence electrons. The summed E-state index contributed by atoms with van der Waals surface area (Å²) in [6, 6.07) is 15.9. The molecule has 0 saturated carbocycles. The fourth-order valence-electron chi connectivity index (χ4n) is 5.57. The van der Waals surface area contributed by atoms with Crippen molar-refractivity contribution in [3.63, 3.8) is 0 Å². The van der Waals surface area contributed by atoms with E-state index >= 15 is 8.78 Å². The van der Waals surface area contributed by atoms with Crippen LogP contribution in [0.1, 0.15) is 88.7 Å². The average molecular weight is 531 g/mol. The number of allylic oxidation sites excluding steroid dienone is 3. The van der Waals surface area contributed by atoms with E-state index in [1.54, 1.807) is 30.3 Å². The third-order valence-corrected chi connectivity index (χ3v) is 8.09. The van der Waals surface area contributed by atoms with E-state index in [9.17, 15) is 4.39 Å². The molecule has 1 atom stereocenters. The Morgan fingerprint density at radius 2 is 1.38 bits per heavy atom. The highest BCUT2D eigenvalue weighted by Gasteiger charge is 2.17. The molecule has 0 heterocycles. The van der Waals surface area contributed by atoms with Gasteiger partial charge in [-0.15, -0.1) is 6.58 Å². The monoisotopic (exact) mass is 530 g/mol. The van der Waals surface area contributed by atoms with Gasteiger partial charge in [-0.1, -0.05) is 113 Å². The zero-order chi connectivity index (χ0) is 27.6. The van der Waals surface area contributed by atoms with E-state index in [0.717, 1.165) is 55.2 Å². The van der Waals surface area contributed by atoms with E-state index in [-0.39, 0.29) is 11.4 Å². The fraction of sp³-hybridized carbons (Fsp3) is 0.389. The molecule has 3 aromatic carbocycles. The summed E-state index contributed by atoms with van der Waals surface area (Å²) in [7, 11) is 0. The van der Waals surface area contributed by atoms with Gasteiger partial charge in [-0.05, 0) is 71.9 Å². The first-order valence-electron chi connectivity index (χ1n) is 14.7. The van der Waals surface area contributed by atoms with Gasteiger partial charge in [0.15, 0.2) is 11.6 Å². The van der Waals surface area contributed by atoms with Crippen LogP contribution in [0.3, 0.4) is 0 Å². The molecule has 3 aromatic rings. The Hall–Kier alpha value is -3.07. The molecular weight excluding hydrogens is 489 g/mol. The normalized spacial score (nSPS) is 15.3. The molecule has 0 spiro atoms. The third-order valence-electron chi connectivity index (χ3n) is 8.09. The van der Waals surface area contributed by atoms with E-state index in [0.29, 0.717) is 29.0 Å². The van der Waals surface area contributed by atoms with Crippen molar-refractivity contribution in [1.29, 1.82) is 0 Å². The minimum atomic E-state index is -0.797. The molecule has 3 heteroatoms. The Labute approximate surface area is 232 Å². The molecule has 0 saturated heterocycles. The maximum absolute atomic E-state index is 15.0. The van der Waals surface area contributed by atoms with E-state index in [1.165, 1.54) is 32.1 Å². The quantitative estimate of drug-likeness (QED) is 0.152. The maximum atomic E-state index is 15.0. The minimum absolute atomic E-state index is 0.236. The molecule has 0 radical (unpaired) electrons. The molecule has 0 bridgehead atoms. The van der Waals surface area contributed by atoms with Crippen molar-refractivity contribution in [2.75, 3.05) is 0 Å². The topological polar surface area (TPSA) is 0 Å². The van der Waals surface area contributed by atoms with Crippen LogP contribution in [0, 0.1) is 23.4 Å². The summed E-state index contributed by atoms with van der Waals surface area (Å²) < 4.78 is 44.9.